The van der Waals surface area contributed by atoms with Crippen LogP contribution >= 0.6 is 0 Å². The Bertz CT molecular complexity index is 1170. The maximum absolute atomic E-state index is 12.8. The summed E-state index contributed by atoms with van der Waals surface area (Å²) in [6, 6.07) is 5.90. The second-order valence-electron chi connectivity index (χ2n) is 7.40. The van der Waals surface area contributed by atoms with Crippen LogP contribution in [0.15, 0.2) is 49.3 Å². The Kier molecular flexibility index (Phi) is 4.62. The number of fused-ring (bicyclic) bond motifs is 1. The van der Waals surface area contributed by atoms with E-state index >= 15 is 0 Å². The number of aromatic nitrogens is 6. The molecule has 152 valence electrons. The van der Waals surface area contributed by atoms with Crippen LogP contribution < -0.4 is 4.74 Å². The molecule has 4 heterocycles. The van der Waals surface area contributed by atoms with Crippen molar-refractivity contribution in [1.29, 1.82) is 0 Å². The van der Waals surface area contributed by atoms with Crippen LogP contribution in [-0.2, 0) is 7.05 Å². The summed E-state index contributed by atoms with van der Waals surface area (Å²) < 4.78 is 7.68. The highest BCUT2D eigenvalue weighted by atomic mass is 16.5. The third-order valence-corrected chi connectivity index (χ3v) is 5.33. The quantitative estimate of drug-likeness (QED) is 0.562. The van der Waals surface area contributed by atoms with E-state index in [2.05, 4.69) is 25.0 Å². The van der Waals surface area contributed by atoms with Gasteiger partial charge < -0.3 is 14.6 Å². The topological polar surface area (TPSA) is 102 Å². The first-order chi connectivity index (χ1) is 14.7. The lowest BCUT2D eigenvalue weighted by atomic mass is 10.1. The molecule has 1 fully saturated rings. The van der Waals surface area contributed by atoms with E-state index in [1.165, 1.54) is 0 Å². The van der Waals surface area contributed by atoms with Crippen LogP contribution in [-0.4, -0.2) is 59.7 Å². The van der Waals surface area contributed by atoms with Crippen LogP contribution in [0.25, 0.3) is 22.2 Å². The number of imidazole rings is 1. The van der Waals surface area contributed by atoms with Gasteiger partial charge in [-0.2, -0.15) is 5.10 Å². The van der Waals surface area contributed by atoms with E-state index in [9.17, 15) is 4.79 Å². The number of amides is 1. The molecule has 0 bridgehead atoms. The predicted octanol–water partition coefficient (Wildman–Crippen LogP) is 2.44. The van der Waals surface area contributed by atoms with E-state index in [0.29, 0.717) is 24.7 Å². The predicted molar refractivity (Wildman–Crippen MR) is 110 cm³/mol. The average Bonchev–Trinajstić information content (AvgIpc) is 3.42. The SMILES string of the molecule is Cn1cc(-c2cnc(OC3CCN(C(=O)c4ccc5nc[nH]c5c4)CC3)nc2)cn1. The van der Waals surface area contributed by atoms with Gasteiger partial charge in [-0.15, -0.1) is 0 Å². The molecule has 0 spiro atoms. The molecule has 1 aromatic carbocycles. The van der Waals surface area contributed by atoms with Crippen molar-refractivity contribution in [3.63, 3.8) is 0 Å². The summed E-state index contributed by atoms with van der Waals surface area (Å²) in [4.78, 5) is 30.6. The van der Waals surface area contributed by atoms with E-state index in [-0.39, 0.29) is 12.0 Å². The molecule has 0 radical (unpaired) electrons. The second kappa shape index (κ2) is 7.58. The van der Waals surface area contributed by atoms with Gasteiger partial charge in [0, 0.05) is 68.3 Å². The number of carbonyl (C=O) groups excluding carboxylic acids is 1. The van der Waals surface area contributed by atoms with Crippen molar-refractivity contribution in [3.05, 3.63) is 54.9 Å². The number of H-pyrrole nitrogens is 1. The fraction of sp³-hybridized carbons (Fsp3) is 0.286. The van der Waals surface area contributed by atoms with E-state index in [0.717, 1.165) is 35.0 Å². The van der Waals surface area contributed by atoms with Gasteiger partial charge in [0.2, 0.25) is 0 Å². The summed E-state index contributed by atoms with van der Waals surface area (Å²) in [5, 5.41) is 4.16. The number of hydrogen-bond donors (Lipinski definition) is 1. The summed E-state index contributed by atoms with van der Waals surface area (Å²) >= 11 is 0. The number of benzene rings is 1. The maximum atomic E-state index is 12.8. The van der Waals surface area contributed by atoms with Crippen molar-refractivity contribution in [1.82, 2.24) is 34.6 Å². The monoisotopic (exact) mass is 403 g/mol. The van der Waals surface area contributed by atoms with Crippen LogP contribution in [0.1, 0.15) is 23.2 Å². The lowest BCUT2D eigenvalue weighted by Gasteiger charge is -2.31. The Morgan fingerprint density at radius 3 is 2.63 bits per heavy atom. The normalized spacial score (nSPS) is 14.9. The van der Waals surface area contributed by atoms with E-state index in [1.54, 1.807) is 29.6 Å². The molecule has 3 aromatic heterocycles. The van der Waals surface area contributed by atoms with Gasteiger partial charge in [-0.3, -0.25) is 9.48 Å². The minimum Gasteiger partial charge on any atom is -0.460 e. The fourth-order valence-electron chi connectivity index (χ4n) is 3.67. The second-order valence-corrected chi connectivity index (χ2v) is 7.40. The van der Waals surface area contributed by atoms with Crippen molar-refractivity contribution in [2.75, 3.05) is 13.1 Å². The number of aryl methyl sites for hydroxylation is 1. The lowest BCUT2D eigenvalue weighted by Crippen LogP contribution is -2.41. The zero-order chi connectivity index (χ0) is 20.5. The van der Waals surface area contributed by atoms with E-state index in [1.807, 2.05) is 36.3 Å². The Labute approximate surface area is 172 Å². The average molecular weight is 403 g/mol. The maximum Gasteiger partial charge on any atom is 0.316 e. The molecule has 5 rings (SSSR count). The molecule has 1 aliphatic rings. The highest BCUT2D eigenvalue weighted by Gasteiger charge is 2.25. The smallest absolute Gasteiger partial charge is 0.316 e. The van der Waals surface area contributed by atoms with Crippen LogP contribution in [0.3, 0.4) is 0 Å². The standard InChI is InChI=1S/C21H21N7O2/c1-27-12-16(11-26-27)15-9-22-21(23-10-15)30-17-4-6-28(7-5-17)20(29)14-2-3-18-19(8-14)25-13-24-18/h2-3,8-13,17H,4-7H2,1H3,(H,24,25). The van der Waals surface area contributed by atoms with Crippen molar-refractivity contribution < 1.29 is 9.53 Å². The van der Waals surface area contributed by atoms with Crippen molar-refractivity contribution >= 4 is 16.9 Å². The van der Waals surface area contributed by atoms with Gasteiger partial charge in [-0.1, -0.05) is 0 Å². The molecule has 1 saturated heterocycles. The van der Waals surface area contributed by atoms with Gasteiger partial charge in [-0.25, -0.2) is 15.0 Å². The first-order valence-electron chi connectivity index (χ1n) is 9.86. The molecular weight excluding hydrogens is 382 g/mol. The summed E-state index contributed by atoms with van der Waals surface area (Å²) in [6.45, 7) is 1.27. The van der Waals surface area contributed by atoms with Crippen molar-refractivity contribution in [2.24, 2.45) is 7.05 Å². The number of hydrogen-bond acceptors (Lipinski definition) is 6. The molecule has 30 heavy (non-hydrogen) atoms. The first kappa shape index (κ1) is 18.3. The van der Waals surface area contributed by atoms with Crippen molar-refractivity contribution in [3.8, 4) is 17.1 Å². The number of likely N-dealkylation sites (tertiary alicyclic amines) is 1. The molecule has 0 saturated carbocycles. The van der Waals surface area contributed by atoms with Gasteiger partial charge in [0.05, 0.1) is 23.6 Å². The number of rotatable bonds is 4. The lowest BCUT2D eigenvalue weighted by molar-refractivity contribution is 0.0579. The molecule has 9 heteroatoms. The first-order valence-corrected chi connectivity index (χ1v) is 9.86. The van der Waals surface area contributed by atoms with Crippen LogP contribution in [0.2, 0.25) is 0 Å². The summed E-state index contributed by atoms with van der Waals surface area (Å²) in [5.74, 6) is 0.0297. The Morgan fingerprint density at radius 2 is 1.90 bits per heavy atom. The highest BCUT2D eigenvalue weighted by molar-refractivity contribution is 5.97. The van der Waals surface area contributed by atoms with Gasteiger partial charge in [0.1, 0.15) is 6.10 Å². The molecule has 1 amide bonds. The summed E-state index contributed by atoms with van der Waals surface area (Å²) in [7, 11) is 1.87. The van der Waals surface area contributed by atoms with Crippen molar-refractivity contribution in [2.45, 2.75) is 18.9 Å². The van der Waals surface area contributed by atoms with E-state index in [4.69, 9.17) is 4.74 Å². The molecule has 1 N–H and O–H groups in total. The fourth-order valence-corrected chi connectivity index (χ4v) is 3.67. The van der Waals surface area contributed by atoms with Crippen LogP contribution in [0, 0.1) is 0 Å². The van der Waals surface area contributed by atoms with Crippen LogP contribution in [0.5, 0.6) is 6.01 Å². The van der Waals surface area contributed by atoms with Gasteiger partial charge in [0.15, 0.2) is 0 Å². The third-order valence-electron chi connectivity index (χ3n) is 5.33. The van der Waals surface area contributed by atoms with Crippen LogP contribution in [0.4, 0.5) is 0 Å². The third kappa shape index (κ3) is 3.61. The summed E-state index contributed by atoms with van der Waals surface area (Å²) in [6.07, 6.45) is 10.3. The molecule has 4 aromatic rings. The zero-order valence-corrected chi connectivity index (χ0v) is 16.5. The molecular formula is C21H21N7O2. The number of aromatic amines is 1. The molecule has 0 atom stereocenters. The van der Waals surface area contributed by atoms with Gasteiger partial charge >= 0.3 is 6.01 Å². The van der Waals surface area contributed by atoms with Gasteiger partial charge in [0.25, 0.3) is 5.91 Å². The highest BCUT2D eigenvalue weighted by Crippen LogP contribution is 2.21. The molecule has 0 aliphatic carbocycles. The minimum atomic E-state index is -0.00613. The summed E-state index contributed by atoms with van der Waals surface area (Å²) in [5.41, 5.74) is 4.24. The Morgan fingerprint density at radius 1 is 1.10 bits per heavy atom. The molecule has 1 aliphatic heterocycles. The minimum absolute atomic E-state index is 0.00613. The Hall–Kier alpha value is -3.75. The van der Waals surface area contributed by atoms with E-state index < -0.39 is 0 Å². The Balaban J connectivity index is 1.18. The number of ether oxygens (including phenoxy) is 1. The molecule has 0 unspecified atom stereocenters. The molecule has 9 nitrogen and oxygen atoms in total. The largest absolute Gasteiger partial charge is 0.460 e. The number of nitrogens with zero attached hydrogens (tertiary/aromatic N) is 6. The number of piperidine rings is 1. The zero-order valence-electron chi connectivity index (χ0n) is 16.5. The van der Waals surface area contributed by atoms with Gasteiger partial charge in [-0.05, 0) is 18.2 Å². The number of nitrogens with one attached hydrogen (secondary N) is 1. The number of carbonyl (C=O) groups is 1.